The Morgan fingerprint density at radius 1 is 1.06 bits per heavy atom. The third-order valence-corrected chi connectivity index (χ3v) is 5.01. The van der Waals surface area contributed by atoms with Crippen LogP contribution in [0.1, 0.15) is 40.0 Å². The maximum atomic E-state index is 5.74. The first-order valence-corrected chi connectivity index (χ1v) is 11.7. The van der Waals surface area contributed by atoms with Crippen molar-refractivity contribution in [3.63, 3.8) is 0 Å². The van der Waals surface area contributed by atoms with E-state index in [0.29, 0.717) is 25.7 Å². The third kappa shape index (κ3) is 12.8. The van der Waals surface area contributed by atoms with Crippen molar-refractivity contribution in [3.05, 3.63) is 24.3 Å². The number of ether oxygens (including phenoxy) is 3. The number of hydrogen-bond acceptors (Lipinski definition) is 5. The highest BCUT2D eigenvalue weighted by Gasteiger charge is 2.14. The molecule has 7 nitrogen and oxygen atoms in total. The number of rotatable bonds is 14. The quantitative estimate of drug-likeness (QED) is 0.153. The highest BCUT2D eigenvalue weighted by Crippen LogP contribution is 2.17. The lowest BCUT2D eigenvalue weighted by Gasteiger charge is -2.19. The molecule has 1 aromatic rings. The van der Waals surface area contributed by atoms with Gasteiger partial charge >= 0.3 is 0 Å². The molecule has 8 heteroatoms. The molecule has 1 aliphatic rings. The Hall–Kier alpha value is -1.10. The van der Waals surface area contributed by atoms with Crippen molar-refractivity contribution in [2.45, 2.75) is 46.1 Å². The Morgan fingerprint density at radius 3 is 2.44 bits per heavy atom. The highest BCUT2D eigenvalue weighted by atomic mass is 127. The van der Waals surface area contributed by atoms with Gasteiger partial charge in [-0.05, 0) is 76.4 Å². The van der Waals surface area contributed by atoms with Crippen LogP contribution in [0.4, 0.5) is 5.69 Å². The zero-order chi connectivity index (χ0) is 22.3. The predicted molar refractivity (Wildman–Crippen MR) is 144 cm³/mol. The van der Waals surface area contributed by atoms with Crippen LogP contribution in [0.3, 0.4) is 0 Å². The fourth-order valence-electron chi connectivity index (χ4n) is 3.50. The molecule has 1 fully saturated rings. The van der Waals surface area contributed by atoms with E-state index in [2.05, 4.69) is 22.5 Å². The van der Waals surface area contributed by atoms with Crippen molar-refractivity contribution in [2.75, 3.05) is 65.0 Å². The zero-order valence-corrected chi connectivity index (χ0v) is 22.6. The van der Waals surface area contributed by atoms with E-state index in [9.17, 15) is 0 Å². The van der Waals surface area contributed by atoms with Gasteiger partial charge in [-0.3, -0.25) is 4.99 Å². The Bertz CT molecular complexity index is 622. The van der Waals surface area contributed by atoms with Gasteiger partial charge in [0.05, 0.1) is 19.3 Å². The van der Waals surface area contributed by atoms with E-state index in [0.717, 1.165) is 43.5 Å². The molecule has 2 N–H and O–H groups in total. The number of aliphatic imine (C=N–C) groups is 1. The molecule has 1 aliphatic heterocycles. The minimum Gasteiger partial charge on any atom is -0.491 e. The van der Waals surface area contributed by atoms with Gasteiger partial charge in [0.1, 0.15) is 5.75 Å². The average molecular weight is 563 g/mol. The number of likely N-dealkylation sites (tertiary alicyclic amines) is 1. The summed E-state index contributed by atoms with van der Waals surface area (Å²) in [4.78, 5) is 7.40. The number of benzene rings is 1. The van der Waals surface area contributed by atoms with Crippen molar-refractivity contribution >= 4 is 35.6 Å². The van der Waals surface area contributed by atoms with Crippen molar-refractivity contribution < 1.29 is 14.2 Å². The maximum Gasteiger partial charge on any atom is 0.195 e. The topological polar surface area (TPSA) is 67.4 Å². The number of halogens is 1. The van der Waals surface area contributed by atoms with E-state index >= 15 is 0 Å². The number of nitrogens with one attached hydrogen (secondary N) is 2. The second-order valence-electron chi connectivity index (χ2n) is 8.50. The van der Waals surface area contributed by atoms with E-state index in [1.54, 1.807) is 7.11 Å². The first-order chi connectivity index (χ1) is 15.1. The van der Waals surface area contributed by atoms with Crippen LogP contribution in [0.25, 0.3) is 0 Å². The molecule has 1 heterocycles. The number of methoxy groups -OCH3 is 1. The molecule has 0 radical (unpaired) electrons. The number of hydrogen-bond donors (Lipinski definition) is 2. The lowest BCUT2D eigenvalue weighted by molar-refractivity contribution is 0.0699. The minimum atomic E-state index is 0. The third-order valence-electron chi connectivity index (χ3n) is 5.01. The number of anilines is 1. The Morgan fingerprint density at radius 2 is 1.78 bits per heavy atom. The minimum absolute atomic E-state index is 0. The molecule has 0 aromatic heterocycles. The molecule has 0 aliphatic carbocycles. The fraction of sp³-hybridized carbons (Fsp3) is 0.708. The highest BCUT2D eigenvalue weighted by molar-refractivity contribution is 14.0. The molecular formula is C24H43IN4O3. The second-order valence-corrected chi connectivity index (χ2v) is 8.50. The van der Waals surface area contributed by atoms with Crippen LogP contribution in [-0.4, -0.2) is 76.6 Å². The van der Waals surface area contributed by atoms with Crippen LogP contribution < -0.4 is 15.4 Å². The molecular weight excluding hydrogens is 519 g/mol. The molecule has 0 saturated carbocycles. The van der Waals surface area contributed by atoms with Crippen LogP contribution in [-0.2, 0) is 9.47 Å². The Kier molecular flexibility index (Phi) is 15.7. The molecule has 1 aromatic carbocycles. The molecule has 1 atom stereocenters. The van der Waals surface area contributed by atoms with E-state index < -0.39 is 0 Å². The molecule has 0 amide bonds. The summed E-state index contributed by atoms with van der Waals surface area (Å²) >= 11 is 0. The van der Waals surface area contributed by atoms with Crippen molar-refractivity contribution in [3.8, 4) is 5.75 Å². The van der Waals surface area contributed by atoms with Crippen LogP contribution >= 0.6 is 24.0 Å². The largest absolute Gasteiger partial charge is 0.491 e. The summed E-state index contributed by atoms with van der Waals surface area (Å²) in [6.45, 7) is 13.5. The van der Waals surface area contributed by atoms with E-state index in [4.69, 9.17) is 19.2 Å². The summed E-state index contributed by atoms with van der Waals surface area (Å²) in [5.41, 5.74) is 0.992. The first-order valence-electron chi connectivity index (χ1n) is 11.7. The van der Waals surface area contributed by atoms with Crippen LogP contribution in [0.5, 0.6) is 5.75 Å². The van der Waals surface area contributed by atoms with Crippen molar-refractivity contribution in [1.29, 1.82) is 0 Å². The Labute approximate surface area is 211 Å². The van der Waals surface area contributed by atoms with Gasteiger partial charge in [-0.1, -0.05) is 6.92 Å². The lowest BCUT2D eigenvalue weighted by Crippen LogP contribution is -2.33. The molecule has 184 valence electrons. The normalized spacial score (nSPS) is 15.5. The smallest absolute Gasteiger partial charge is 0.195 e. The number of guanidine groups is 1. The standard InChI is InChI=1S/C24H42N4O3.HI/c1-20(2)31-23-10-8-22(9-11-23)27-24(25-12-7-15-30-17-16-29-4)26-18-21(3)19-28-13-5-6-14-28;/h8-11,20-21H,5-7,12-19H2,1-4H3,(H2,25,26,27);1H. The lowest BCUT2D eigenvalue weighted by atomic mass is 10.2. The number of nitrogens with zero attached hydrogens (tertiary/aromatic N) is 2. The summed E-state index contributed by atoms with van der Waals surface area (Å²) in [6.07, 6.45) is 3.73. The van der Waals surface area contributed by atoms with Gasteiger partial charge in [-0.15, -0.1) is 24.0 Å². The van der Waals surface area contributed by atoms with Crippen LogP contribution in [0, 0.1) is 5.92 Å². The zero-order valence-electron chi connectivity index (χ0n) is 20.3. The molecule has 2 rings (SSSR count). The van der Waals surface area contributed by atoms with E-state index in [1.165, 1.54) is 25.9 Å². The summed E-state index contributed by atoms with van der Waals surface area (Å²) in [5, 5.41) is 6.87. The van der Waals surface area contributed by atoms with E-state index in [1.807, 2.05) is 38.1 Å². The van der Waals surface area contributed by atoms with Gasteiger partial charge in [-0.25, -0.2) is 0 Å². The average Bonchev–Trinajstić information content (AvgIpc) is 3.25. The van der Waals surface area contributed by atoms with Crippen LogP contribution in [0.15, 0.2) is 29.3 Å². The second kappa shape index (κ2) is 17.4. The van der Waals surface area contributed by atoms with Crippen molar-refractivity contribution in [1.82, 2.24) is 10.2 Å². The molecule has 32 heavy (non-hydrogen) atoms. The molecule has 0 bridgehead atoms. The van der Waals surface area contributed by atoms with Crippen molar-refractivity contribution in [2.24, 2.45) is 10.9 Å². The predicted octanol–water partition coefficient (Wildman–Crippen LogP) is 4.23. The van der Waals surface area contributed by atoms with Crippen LogP contribution in [0.2, 0.25) is 0 Å². The van der Waals surface area contributed by atoms with Gasteiger partial charge in [0.2, 0.25) is 0 Å². The van der Waals surface area contributed by atoms with Gasteiger partial charge in [0.15, 0.2) is 5.96 Å². The summed E-state index contributed by atoms with van der Waals surface area (Å²) in [7, 11) is 1.69. The fourth-order valence-corrected chi connectivity index (χ4v) is 3.50. The summed E-state index contributed by atoms with van der Waals surface area (Å²) < 4.78 is 16.3. The monoisotopic (exact) mass is 562 g/mol. The van der Waals surface area contributed by atoms with Gasteiger partial charge < -0.3 is 29.7 Å². The summed E-state index contributed by atoms with van der Waals surface area (Å²) in [5.74, 6) is 2.21. The van der Waals surface area contributed by atoms with E-state index in [-0.39, 0.29) is 30.1 Å². The van der Waals surface area contributed by atoms with Gasteiger partial charge in [-0.2, -0.15) is 0 Å². The first kappa shape index (κ1) is 28.9. The maximum absolute atomic E-state index is 5.74. The SMILES string of the molecule is COCCOCCCNC(=NCC(C)CN1CCCC1)Nc1ccc(OC(C)C)cc1.I. The Balaban J connectivity index is 0.00000512. The molecule has 1 saturated heterocycles. The van der Waals surface area contributed by atoms with Gasteiger partial charge in [0.25, 0.3) is 0 Å². The van der Waals surface area contributed by atoms with Gasteiger partial charge in [0, 0.05) is 39.0 Å². The summed E-state index contributed by atoms with van der Waals surface area (Å²) in [6, 6.07) is 8.02. The molecule has 1 unspecified atom stereocenters. The molecule has 0 spiro atoms.